The highest BCUT2D eigenvalue weighted by Crippen LogP contribution is 2.18. The van der Waals surface area contributed by atoms with Gasteiger partial charge in [0.15, 0.2) is 0 Å². The Hall–Kier alpha value is -1.48. The molecule has 1 N–H and O–H groups in total. The van der Waals surface area contributed by atoms with E-state index in [0.29, 0.717) is 6.61 Å². The summed E-state index contributed by atoms with van der Waals surface area (Å²) >= 11 is 3.46. The first-order valence-electron chi connectivity index (χ1n) is 6.49. The summed E-state index contributed by atoms with van der Waals surface area (Å²) in [5, 5.41) is 3.34. The van der Waals surface area contributed by atoms with Crippen molar-refractivity contribution in [2.24, 2.45) is 0 Å². The number of nitrogens with one attached hydrogen (secondary N) is 1. The van der Waals surface area contributed by atoms with Crippen LogP contribution in [0.25, 0.3) is 0 Å². The van der Waals surface area contributed by atoms with Crippen LogP contribution in [-0.4, -0.2) is 13.2 Å². The van der Waals surface area contributed by atoms with E-state index in [-0.39, 0.29) is 0 Å². The summed E-state index contributed by atoms with van der Waals surface area (Å²) in [7, 11) is 0. The minimum atomic E-state index is 0.656. The van der Waals surface area contributed by atoms with E-state index in [1.807, 2.05) is 36.4 Å². The largest absolute Gasteiger partial charge is 0.491 e. The van der Waals surface area contributed by atoms with Crippen LogP contribution in [0.15, 0.2) is 53.0 Å². The second-order valence-electron chi connectivity index (χ2n) is 4.25. The minimum Gasteiger partial charge on any atom is -0.491 e. The van der Waals surface area contributed by atoms with E-state index in [1.165, 1.54) is 5.56 Å². The molecule has 0 fully saturated rings. The molecule has 0 saturated heterocycles. The standard InChI is InChI=1S/C16H18BrNO/c1-2-13-6-3-4-9-16(13)19-11-10-18-15-8-5-7-14(17)12-15/h3-9,12,18H,2,10-11H2,1H3. The third kappa shape index (κ3) is 4.28. The molecule has 0 bridgehead atoms. The molecule has 19 heavy (non-hydrogen) atoms. The molecular formula is C16H18BrNO. The quantitative estimate of drug-likeness (QED) is 0.791. The zero-order valence-corrected chi connectivity index (χ0v) is 12.6. The molecule has 0 aliphatic carbocycles. The molecule has 0 atom stereocenters. The summed E-state index contributed by atoms with van der Waals surface area (Å²) in [6.45, 7) is 3.58. The van der Waals surface area contributed by atoms with E-state index in [1.54, 1.807) is 0 Å². The van der Waals surface area contributed by atoms with Gasteiger partial charge in [0.25, 0.3) is 0 Å². The average Bonchev–Trinajstić information content (AvgIpc) is 2.44. The molecular weight excluding hydrogens is 302 g/mol. The maximum atomic E-state index is 5.81. The number of aryl methyl sites for hydroxylation is 1. The van der Waals surface area contributed by atoms with Crippen LogP contribution in [-0.2, 0) is 6.42 Å². The Bertz CT molecular complexity index is 528. The van der Waals surface area contributed by atoms with E-state index >= 15 is 0 Å². The molecule has 0 aromatic heterocycles. The van der Waals surface area contributed by atoms with Crippen LogP contribution in [0.4, 0.5) is 5.69 Å². The predicted octanol–water partition coefficient (Wildman–Crippen LogP) is 4.50. The zero-order valence-electron chi connectivity index (χ0n) is 11.0. The van der Waals surface area contributed by atoms with E-state index in [0.717, 1.165) is 28.9 Å². The van der Waals surface area contributed by atoms with Crippen molar-refractivity contribution >= 4 is 21.6 Å². The van der Waals surface area contributed by atoms with Crippen LogP contribution in [0.1, 0.15) is 12.5 Å². The third-order valence-corrected chi connectivity index (χ3v) is 3.36. The maximum Gasteiger partial charge on any atom is 0.122 e. The van der Waals surface area contributed by atoms with E-state index < -0.39 is 0 Å². The monoisotopic (exact) mass is 319 g/mol. The third-order valence-electron chi connectivity index (χ3n) is 2.87. The summed E-state index contributed by atoms with van der Waals surface area (Å²) in [6, 6.07) is 16.3. The van der Waals surface area contributed by atoms with Crippen molar-refractivity contribution in [3.05, 3.63) is 58.6 Å². The molecule has 0 heterocycles. The van der Waals surface area contributed by atoms with Crippen molar-refractivity contribution in [3.63, 3.8) is 0 Å². The lowest BCUT2D eigenvalue weighted by molar-refractivity contribution is 0.329. The Balaban J connectivity index is 1.81. The van der Waals surface area contributed by atoms with Crippen molar-refractivity contribution in [1.82, 2.24) is 0 Å². The van der Waals surface area contributed by atoms with Crippen LogP contribution in [0.3, 0.4) is 0 Å². The fourth-order valence-electron chi connectivity index (χ4n) is 1.89. The molecule has 0 aliphatic rings. The van der Waals surface area contributed by atoms with Crippen LogP contribution in [0.5, 0.6) is 5.75 Å². The molecule has 2 aromatic rings. The Morgan fingerprint density at radius 2 is 1.95 bits per heavy atom. The van der Waals surface area contributed by atoms with Crippen molar-refractivity contribution in [1.29, 1.82) is 0 Å². The normalized spacial score (nSPS) is 10.2. The van der Waals surface area contributed by atoms with Gasteiger partial charge in [0.05, 0.1) is 0 Å². The van der Waals surface area contributed by atoms with E-state index in [2.05, 4.69) is 40.3 Å². The summed E-state index contributed by atoms with van der Waals surface area (Å²) < 4.78 is 6.88. The first-order chi connectivity index (χ1) is 9.29. The number of rotatable bonds is 6. The molecule has 0 unspecified atom stereocenters. The van der Waals surface area contributed by atoms with Gasteiger partial charge in [-0.15, -0.1) is 0 Å². The number of ether oxygens (including phenoxy) is 1. The van der Waals surface area contributed by atoms with Crippen molar-refractivity contribution in [2.45, 2.75) is 13.3 Å². The van der Waals surface area contributed by atoms with Gasteiger partial charge in [-0.25, -0.2) is 0 Å². The molecule has 0 spiro atoms. The topological polar surface area (TPSA) is 21.3 Å². The molecule has 0 saturated carbocycles. The van der Waals surface area contributed by atoms with Gasteiger partial charge in [-0.2, -0.15) is 0 Å². The van der Waals surface area contributed by atoms with Gasteiger partial charge >= 0.3 is 0 Å². The zero-order chi connectivity index (χ0) is 13.5. The molecule has 0 amide bonds. The van der Waals surface area contributed by atoms with Crippen molar-refractivity contribution in [2.75, 3.05) is 18.5 Å². The Morgan fingerprint density at radius 3 is 2.74 bits per heavy atom. The van der Waals surface area contributed by atoms with Crippen LogP contribution in [0.2, 0.25) is 0 Å². The van der Waals surface area contributed by atoms with Gasteiger partial charge in [0, 0.05) is 16.7 Å². The second kappa shape index (κ2) is 7.19. The number of hydrogen-bond acceptors (Lipinski definition) is 2. The lowest BCUT2D eigenvalue weighted by Crippen LogP contribution is -2.12. The van der Waals surface area contributed by atoms with Crippen molar-refractivity contribution < 1.29 is 4.74 Å². The first-order valence-corrected chi connectivity index (χ1v) is 7.29. The molecule has 0 aliphatic heterocycles. The predicted molar refractivity (Wildman–Crippen MR) is 83.9 cm³/mol. The number of anilines is 1. The second-order valence-corrected chi connectivity index (χ2v) is 5.16. The first kappa shape index (κ1) is 13.9. The molecule has 2 aromatic carbocycles. The highest BCUT2D eigenvalue weighted by molar-refractivity contribution is 9.10. The minimum absolute atomic E-state index is 0.656. The molecule has 0 radical (unpaired) electrons. The number of para-hydroxylation sites is 1. The van der Waals surface area contributed by atoms with Gasteiger partial charge in [-0.05, 0) is 36.2 Å². The molecule has 2 rings (SSSR count). The lowest BCUT2D eigenvalue weighted by Gasteiger charge is -2.11. The number of halogens is 1. The van der Waals surface area contributed by atoms with E-state index in [9.17, 15) is 0 Å². The number of hydrogen-bond donors (Lipinski definition) is 1. The van der Waals surface area contributed by atoms with Crippen LogP contribution >= 0.6 is 15.9 Å². The SMILES string of the molecule is CCc1ccccc1OCCNc1cccc(Br)c1. The smallest absolute Gasteiger partial charge is 0.122 e. The van der Waals surface area contributed by atoms with Crippen molar-refractivity contribution in [3.8, 4) is 5.75 Å². The van der Waals surface area contributed by atoms with Gasteiger partial charge in [0.2, 0.25) is 0 Å². The highest BCUT2D eigenvalue weighted by Gasteiger charge is 2.00. The molecule has 3 heteroatoms. The van der Waals surface area contributed by atoms with E-state index in [4.69, 9.17) is 4.74 Å². The molecule has 2 nitrogen and oxygen atoms in total. The lowest BCUT2D eigenvalue weighted by atomic mass is 10.1. The summed E-state index contributed by atoms with van der Waals surface area (Å²) in [5.74, 6) is 0.987. The summed E-state index contributed by atoms with van der Waals surface area (Å²) in [5.41, 5.74) is 2.35. The van der Waals surface area contributed by atoms with Gasteiger partial charge < -0.3 is 10.1 Å². The van der Waals surface area contributed by atoms with Gasteiger partial charge in [-0.3, -0.25) is 0 Å². The average molecular weight is 320 g/mol. The maximum absolute atomic E-state index is 5.81. The Kier molecular flexibility index (Phi) is 5.28. The van der Waals surface area contributed by atoms with Crippen LogP contribution < -0.4 is 10.1 Å². The van der Waals surface area contributed by atoms with Crippen LogP contribution in [0, 0.1) is 0 Å². The fraction of sp³-hybridized carbons (Fsp3) is 0.250. The fourth-order valence-corrected chi connectivity index (χ4v) is 2.29. The summed E-state index contributed by atoms with van der Waals surface area (Å²) in [6.07, 6.45) is 0.995. The summed E-state index contributed by atoms with van der Waals surface area (Å²) in [4.78, 5) is 0. The van der Waals surface area contributed by atoms with Gasteiger partial charge in [0.1, 0.15) is 12.4 Å². The van der Waals surface area contributed by atoms with Gasteiger partial charge in [-0.1, -0.05) is 47.1 Å². The highest BCUT2D eigenvalue weighted by atomic mass is 79.9. The Labute approximate surface area is 122 Å². The Morgan fingerprint density at radius 1 is 1.11 bits per heavy atom. The molecule has 100 valence electrons. The number of benzene rings is 2.